The highest BCUT2D eigenvalue weighted by Gasteiger charge is 2.27. The van der Waals surface area contributed by atoms with E-state index < -0.39 is 0 Å². The first-order valence-electron chi connectivity index (χ1n) is 6.74. The van der Waals surface area contributed by atoms with Crippen LogP contribution in [0.5, 0.6) is 0 Å². The number of para-hydroxylation sites is 1. The van der Waals surface area contributed by atoms with Gasteiger partial charge in [0.2, 0.25) is 0 Å². The molecule has 1 aliphatic rings. The van der Waals surface area contributed by atoms with Gasteiger partial charge in [-0.05, 0) is 44.2 Å². The standard InChI is InChI=1S/C15H19ClN2/c1-10-5-3-8-13-15(10)17-14(9-16)18(13)11(2)12-6-4-7-12/h3,5,8,11-12H,4,6-7,9H2,1-2H3. The molecular weight excluding hydrogens is 244 g/mol. The number of halogens is 1. The van der Waals surface area contributed by atoms with Crippen molar-refractivity contribution < 1.29 is 0 Å². The van der Waals surface area contributed by atoms with Gasteiger partial charge >= 0.3 is 0 Å². The van der Waals surface area contributed by atoms with Crippen molar-refractivity contribution in [1.29, 1.82) is 0 Å². The van der Waals surface area contributed by atoms with E-state index >= 15 is 0 Å². The lowest BCUT2D eigenvalue weighted by Crippen LogP contribution is -2.23. The molecule has 1 atom stereocenters. The van der Waals surface area contributed by atoms with E-state index in [4.69, 9.17) is 16.6 Å². The normalized spacial score (nSPS) is 17.9. The molecule has 0 amide bonds. The molecule has 1 aromatic carbocycles. The molecule has 3 rings (SSSR count). The third kappa shape index (κ3) is 1.74. The predicted octanol–water partition coefficient (Wildman–Crippen LogP) is 4.44. The number of benzene rings is 1. The number of rotatable bonds is 3. The zero-order chi connectivity index (χ0) is 12.7. The van der Waals surface area contributed by atoms with Gasteiger partial charge in [0.25, 0.3) is 0 Å². The number of aromatic nitrogens is 2. The molecule has 2 nitrogen and oxygen atoms in total. The second-order valence-electron chi connectivity index (χ2n) is 5.41. The summed E-state index contributed by atoms with van der Waals surface area (Å²) in [6.07, 6.45) is 4.06. The van der Waals surface area contributed by atoms with Gasteiger partial charge in [0, 0.05) is 6.04 Å². The average Bonchev–Trinajstić information content (AvgIpc) is 2.66. The summed E-state index contributed by atoms with van der Waals surface area (Å²) >= 11 is 6.08. The van der Waals surface area contributed by atoms with Crippen LogP contribution in [0.15, 0.2) is 18.2 Å². The van der Waals surface area contributed by atoms with Crippen molar-refractivity contribution in [2.24, 2.45) is 5.92 Å². The van der Waals surface area contributed by atoms with Crippen LogP contribution in [-0.4, -0.2) is 9.55 Å². The van der Waals surface area contributed by atoms with Crippen molar-refractivity contribution in [3.63, 3.8) is 0 Å². The van der Waals surface area contributed by atoms with E-state index in [-0.39, 0.29) is 0 Å². The molecule has 18 heavy (non-hydrogen) atoms. The number of hydrogen-bond acceptors (Lipinski definition) is 1. The molecule has 3 heteroatoms. The van der Waals surface area contributed by atoms with Gasteiger partial charge < -0.3 is 4.57 Å². The zero-order valence-corrected chi connectivity index (χ0v) is 11.7. The van der Waals surface area contributed by atoms with E-state index in [0.29, 0.717) is 11.9 Å². The minimum atomic E-state index is 0.491. The molecule has 0 N–H and O–H groups in total. The van der Waals surface area contributed by atoms with E-state index in [0.717, 1.165) is 17.3 Å². The van der Waals surface area contributed by atoms with Crippen LogP contribution < -0.4 is 0 Å². The Morgan fingerprint density at radius 2 is 2.22 bits per heavy atom. The summed E-state index contributed by atoms with van der Waals surface area (Å²) in [5.41, 5.74) is 3.59. The fourth-order valence-electron chi connectivity index (χ4n) is 2.99. The highest BCUT2D eigenvalue weighted by atomic mass is 35.5. The molecule has 0 spiro atoms. The Hall–Kier alpha value is -1.02. The minimum Gasteiger partial charge on any atom is -0.324 e. The molecular formula is C15H19ClN2. The Morgan fingerprint density at radius 3 is 2.83 bits per heavy atom. The van der Waals surface area contributed by atoms with Crippen molar-refractivity contribution in [2.75, 3.05) is 0 Å². The molecule has 0 aliphatic heterocycles. The monoisotopic (exact) mass is 262 g/mol. The fraction of sp³-hybridized carbons (Fsp3) is 0.533. The van der Waals surface area contributed by atoms with Gasteiger partial charge in [-0.25, -0.2) is 4.98 Å². The van der Waals surface area contributed by atoms with Gasteiger partial charge in [-0.15, -0.1) is 11.6 Å². The van der Waals surface area contributed by atoms with Gasteiger partial charge in [-0.2, -0.15) is 0 Å². The van der Waals surface area contributed by atoms with Gasteiger partial charge in [-0.1, -0.05) is 18.6 Å². The van der Waals surface area contributed by atoms with Crippen LogP contribution in [0.4, 0.5) is 0 Å². The summed E-state index contributed by atoms with van der Waals surface area (Å²) in [5.74, 6) is 2.30. The molecule has 1 aliphatic carbocycles. The van der Waals surface area contributed by atoms with Crippen molar-refractivity contribution in [1.82, 2.24) is 9.55 Å². The molecule has 1 aromatic heterocycles. The van der Waals surface area contributed by atoms with Crippen LogP contribution in [0.25, 0.3) is 11.0 Å². The zero-order valence-electron chi connectivity index (χ0n) is 11.0. The van der Waals surface area contributed by atoms with E-state index in [2.05, 4.69) is 36.6 Å². The van der Waals surface area contributed by atoms with Crippen molar-refractivity contribution >= 4 is 22.6 Å². The van der Waals surface area contributed by atoms with E-state index in [1.807, 2.05) is 0 Å². The Kier molecular flexibility index (Phi) is 3.06. The third-order valence-electron chi connectivity index (χ3n) is 4.35. The maximum Gasteiger partial charge on any atom is 0.125 e. The summed E-state index contributed by atoms with van der Waals surface area (Å²) in [7, 11) is 0. The smallest absolute Gasteiger partial charge is 0.125 e. The Morgan fingerprint density at radius 1 is 1.44 bits per heavy atom. The SMILES string of the molecule is Cc1cccc2c1nc(CCl)n2C(C)C1CCC1. The number of alkyl halides is 1. The number of aryl methyl sites for hydroxylation is 1. The highest BCUT2D eigenvalue weighted by Crippen LogP contribution is 2.38. The van der Waals surface area contributed by atoms with Crippen LogP contribution in [0.3, 0.4) is 0 Å². The number of nitrogens with zero attached hydrogens (tertiary/aromatic N) is 2. The van der Waals surface area contributed by atoms with Gasteiger partial charge in [0.15, 0.2) is 0 Å². The molecule has 0 radical (unpaired) electrons. The maximum atomic E-state index is 6.08. The van der Waals surface area contributed by atoms with Crippen molar-refractivity contribution in [3.8, 4) is 0 Å². The maximum absolute atomic E-state index is 6.08. The summed E-state index contributed by atoms with van der Waals surface area (Å²) in [6, 6.07) is 6.91. The Labute approximate surface area is 113 Å². The topological polar surface area (TPSA) is 17.8 Å². The summed E-state index contributed by atoms with van der Waals surface area (Å²) in [4.78, 5) is 4.72. The second kappa shape index (κ2) is 4.58. The first-order chi connectivity index (χ1) is 8.72. The minimum absolute atomic E-state index is 0.491. The van der Waals surface area contributed by atoms with Crippen LogP contribution in [0, 0.1) is 12.8 Å². The summed E-state index contributed by atoms with van der Waals surface area (Å²) < 4.78 is 2.36. The van der Waals surface area contributed by atoms with Gasteiger partial charge in [-0.3, -0.25) is 0 Å². The lowest BCUT2D eigenvalue weighted by atomic mass is 9.80. The Bertz CT molecular complexity index is 569. The second-order valence-corrected chi connectivity index (χ2v) is 5.67. The number of hydrogen-bond donors (Lipinski definition) is 0. The highest BCUT2D eigenvalue weighted by molar-refractivity contribution is 6.16. The van der Waals surface area contributed by atoms with E-state index in [1.54, 1.807) is 0 Å². The van der Waals surface area contributed by atoms with Crippen molar-refractivity contribution in [2.45, 2.75) is 45.0 Å². The molecule has 1 fully saturated rings. The number of fused-ring (bicyclic) bond motifs is 1. The molecule has 0 saturated heterocycles. The van der Waals surface area contributed by atoms with Gasteiger partial charge in [0.05, 0.1) is 16.9 Å². The van der Waals surface area contributed by atoms with Crippen LogP contribution in [0.2, 0.25) is 0 Å². The van der Waals surface area contributed by atoms with Crippen LogP contribution in [0.1, 0.15) is 43.6 Å². The van der Waals surface area contributed by atoms with E-state index in [9.17, 15) is 0 Å². The molecule has 0 bridgehead atoms. The molecule has 1 saturated carbocycles. The molecule has 2 aromatic rings. The fourth-order valence-corrected chi connectivity index (χ4v) is 3.18. The molecule has 1 heterocycles. The summed E-state index contributed by atoms with van der Waals surface area (Å²) in [5, 5.41) is 0. The predicted molar refractivity (Wildman–Crippen MR) is 76.1 cm³/mol. The largest absolute Gasteiger partial charge is 0.324 e. The van der Waals surface area contributed by atoms with E-state index in [1.165, 1.54) is 30.3 Å². The molecule has 96 valence electrons. The van der Waals surface area contributed by atoms with Crippen LogP contribution in [-0.2, 0) is 5.88 Å². The van der Waals surface area contributed by atoms with Crippen molar-refractivity contribution in [3.05, 3.63) is 29.6 Å². The van der Waals surface area contributed by atoms with Gasteiger partial charge in [0.1, 0.15) is 5.82 Å². The Balaban J connectivity index is 2.16. The lowest BCUT2D eigenvalue weighted by Gasteiger charge is -2.33. The van der Waals surface area contributed by atoms with Crippen LogP contribution >= 0.6 is 11.6 Å². The number of imidazole rings is 1. The third-order valence-corrected chi connectivity index (χ3v) is 4.59. The average molecular weight is 263 g/mol. The first-order valence-corrected chi connectivity index (χ1v) is 7.28. The summed E-state index contributed by atoms with van der Waals surface area (Å²) in [6.45, 7) is 4.43. The molecule has 1 unspecified atom stereocenters. The first kappa shape index (κ1) is 12.0. The lowest BCUT2D eigenvalue weighted by molar-refractivity contribution is 0.223. The quantitative estimate of drug-likeness (QED) is 0.748.